The number of aliphatic hydroxyl groups is 1. The fourth-order valence-electron chi connectivity index (χ4n) is 1.25. The zero-order chi connectivity index (χ0) is 12.1. The van der Waals surface area contributed by atoms with Gasteiger partial charge in [-0.05, 0) is 37.6 Å². The van der Waals surface area contributed by atoms with E-state index < -0.39 is 23.6 Å². The zero-order valence-electron chi connectivity index (χ0n) is 8.93. The van der Waals surface area contributed by atoms with Gasteiger partial charge in [0, 0.05) is 6.54 Å². The second-order valence-electron chi connectivity index (χ2n) is 3.69. The predicted octanol–water partition coefficient (Wildman–Crippen LogP) is 1.96. The van der Waals surface area contributed by atoms with Crippen LogP contribution in [-0.2, 0) is 6.54 Å². The second-order valence-corrected chi connectivity index (χ2v) is 3.69. The van der Waals surface area contributed by atoms with E-state index in [0.29, 0.717) is 18.5 Å². The number of hydrogen-bond acceptors (Lipinski definition) is 2. The van der Waals surface area contributed by atoms with E-state index in [1.54, 1.807) is 6.92 Å². The van der Waals surface area contributed by atoms with Gasteiger partial charge in [0.1, 0.15) is 0 Å². The predicted molar refractivity (Wildman–Crippen MR) is 54.3 cm³/mol. The Hall–Kier alpha value is -1.07. The molecule has 0 aliphatic carbocycles. The lowest BCUT2D eigenvalue weighted by atomic mass is 10.2. The molecule has 90 valence electrons. The number of aliphatic hydroxyl groups excluding tert-OH is 1. The Kier molecular flexibility index (Phi) is 4.76. The molecule has 0 radical (unpaired) electrons. The number of hydrogen-bond donors (Lipinski definition) is 2. The maximum Gasteiger partial charge on any atom is 0.194 e. The van der Waals surface area contributed by atoms with Crippen LogP contribution in [0.2, 0.25) is 0 Å². The van der Waals surface area contributed by atoms with Crippen molar-refractivity contribution in [2.45, 2.75) is 26.0 Å². The third-order valence-corrected chi connectivity index (χ3v) is 2.11. The molecule has 0 amide bonds. The first kappa shape index (κ1) is 13.0. The van der Waals surface area contributed by atoms with Gasteiger partial charge in [-0.25, -0.2) is 13.2 Å². The Labute approximate surface area is 92.1 Å². The van der Waals surface area contributed by atoms with E-state index in [1.807, 2.05) is 0 Å². The van der Waals surface area contributed by atoms with E-state index in [4.69, 9.17) is 5.11 Å². The largest absolute Gasteiger partial charge is 0.393 e. The van der Waals surface area contributed by atoms with Crippen molar-refractivity contribution in [2.24, 2.45) is 0 Å². The molecule has 0 spiro atoms. The quantitative estimate of drug-likeness (QED) is 0.602. The van der Waals surface area contributed by atoms with Crippen LogP contribution < -0.4 is 5.32 Å². The number of nitrogens with one attached hydrogen (secondary N) is 1. The minimum atomic E-state index is -1.45. The Morgan fingerprint density at radius 3 is 2.31 bits per heavy atom. The molecule has 0 aromatic heterocycles. The number of rotatable bonds is 5. The molecule has 1 unspecified atom stereocenters. The Bertz CT molecular complexity index is 332. The molecular weight excluding hydrogens is 219 g/mol. The number of halogens is 3. The Morgan fingerprint density at radius 2 is 1.81 bits per heavy atom. The summed E-state index contributed by atoms with van der Waals surface area (Å²) in [7, 11) is 0. The molecule has 0 saturated carbocycles. The average Bonchev–Trinajstić information content (AvgIpc) is 2.20. The van der Waals surface area contributed by atoms with E-state index in [-0.39, 0.29) is 6.54 Å². The van der Waals surface area contributed by atoms with Gasteiger partial charge in [0.05, 0.1) is 6.10 Å². The molecule has 0 saturated heterocycles. The Morgan fingerprint density at radius 1 is 1.25 bits per heavy atom. The SMILES string of the molecule is CC(O)CCNCc1cc(F)c(F)c(F)c1. The molecule has 2 N–H and O–H groups in total. The van der Waals surface area contributed by atoms with Crippen molar-refractivity contribution >= 4 is 0 Å². The lowest BCUT2D eigenvalue weighted by Crippen LogP contribution is -2.18. The summed E-state index contributed by atoms with van der Waals surface area (Å²) in [6.45, 7) is 2.41. The molecule has 0 bridgehead atoms. The molecule has 0 heterocycles. The maximum atomic E-state index is 12.8. The van der Waals surface area contributed by atoms with Gasteiger partial charge in [0.2, 0.25) is 0 Å². The van der Waals surface area contributed by atoms with Crippen LogP contribution in [0.15, 0.2) is 12.1 Å². The number of benzene rings is 1. The van der Waals surface area contributed by atoms with E-state index in [0.717, 1.165) is 12.1 Å². The van der Waals surface area contributed by atoms with Crippen molar-refractivity contribution in [1.29, 1.82) is 0 Å². The van der Waals surface area contributed by atoms with Gasteiger partial charge in [-0.1, -0.05) is 0 Å². The summed E-state index contributed by atoms with van der Waals surface area (Å²) in [5.41, 5.74) is 0.335. The molecule has 16 heavy (non-hydrogen) atoms. The van der Waals surface area contributed by atoms with Gasteiger partial charge >= 0.3 is 0 Å². The summed E-state index contributed by atoms with van der Waals surface area (Å²) in [5, 5.41) is 11.9. The summed E-state index contributed by atoms with van der Waals surface area (Å²) in [6, 6.07) is 1.90. The van der Waals surface area contributed by atoms with Crippen LogP contribution in [0.4, 0.5) is 13.2 Å². The van der Waals surface area contributed by atoms with E-state index in [2.05, 4.69) is 5.32 Å². The van der Waals surface area contributed by atoms with Crippen molar-refractivity contribution in [3.63, 3.8) is 0 Å². The summed E-state index contributed by atoms with van der Waals surface area (Å²) >= 11 is 0. The van der Waals surface area contributed by atoms with Gasteiger partial charge in [0.25, 0.3) is 0 Å². The van der Waals surface area contributed by atoms with Gasteiger partial charge in [-0.3, -0.25) is 0 Å². The van der Waals surface area contributed by atoms with Crippen LogP contribution >= 0.6 is 0 Å². The molecule has 1 aromatic carbocycles. The first-order valence-corrected chi connectivity index (χ1v) is 5.03. The fourth-order valence-corrected chi connectivity index (χ4v) is 1.25. The van der Waals surface area contributed by atoms with Gasteiger partial charge in [-0.15, -0.1) is 0 Å². The van der Waals surface area contributed by atoms with E-state index >= 15 is 0 Å². The van der Waals surface area contributed by atoms with Crippen LogP contribution in [0.1, 0.15) is 18.9 Å². The van der Waals surface area contributed by atoms with Gasteiger partial charge in [0.15, 0.2) is 17.5 Å². The summed E-state index contributed by atoms with van der Waals surface area (Å²) in [6.07, 6.45) is 0.126. The third-order valence-electron chi connectivity index (χ3n) is 2.11. The van der Waals surface area contributed by atoms with Crippen LogP contribution in [0, 0.1) is 17.5 Å². The third kappa shape index (κ3) is 3.83. The molecule has 5 heteroatoms. The van der Waals surface area contributed by atoms with Gasteiger partial charge < -0.3 is 10.4 Å². The van der Waals surface area contributed by atoms with Crippen LogP contribution in [0.3, 0.4) is 0 Å². The van der Waals surface area contributed by atoms with Gasteiger partial charge in [-0.2, -0.15) is 0 Å². The van der Waals surface area contributed by atoms with Crippen molar-refractivity contribution in [3.05, 3.63) is 35.1 Å². The Balaban J connectivity index is 2.49. The van der Waals surface area contributed by atoms with Crippen molar-refractivity contribution in [1.82, 2.24) is 5.32 Å². The molecule has 1 atom stereocenters. The first-order valence-electron chi connectivity index (χ1n) is 5.03. The minimum Gasteiger partial charge on any atom is -0.393 e. The summed E-state index contributed by atoms with van der Waals surface area (Å²) < 4.78 is 38.2. The average molecular weight is 233 g/mol. The topological polar surface area (TPSA) is 32.3 Å². The fraction of sp³-hybridized carbons (Fsp3) is 0.455. The molecule has 0 fully saturated rings. The normalized spacial score (nSPS) is 12.8. The van der Waals surface area contributed by atoms with Crippen LogP contribution in [-0.4, -0.2) is 17.8 Å². The molecule has 2 nitrogen and oxygen atoms in total. The smallest absolute Gasteiger partial charge is 0.194 e. The minimum absolute atomic E-state index is 0.237. The highest BCUT2D eigenvalue weighted by atomic mass is 19.2. The second kappa shape index (κ2) is 5.86. The summed E-state index contributed by atoms with van der Waals surface area (Å²) in [4.78, 5) is 0. The first-order chi connectivity index (χ1) is 7.50. The molecule has 0 aliphatic rings. The molecule has 1 aromatic rings. The standard InChI is InChI=1S/C11H14F3NO/c1-7(16)2-3-15-6-8-4-9(12)11(14)10(13)5-8/h4-5,7,15-16H,2-3,6H2,1H3. The molecular formula is C11H14F3NO. The molecule has 1 rings (SSSR count). The highest BCUT2D eigenvalue weighted by Gasteiger charge is 2.09. The van der Waals surface area contributed by atoms with Crippen molar-refractivity contribution in [2.75, 3.05) is 6.54 Å². The van der Waals surface area contributed by atoms with E-state index in [9.17, 15) is 13.2 Å². The van der Waals surface area contributed by atoms with Crippen LogP contribution in [0.5, 0.6) is 0 Å². The van der Waals surface area contributed by atoms with Crippen LogP contribution in [0.25, 0.3) is 0 Å². The monoisotopic (exact) mass is 233 g/mol. The highest BCUT2D eigenvalue weighted by Crippen LogP contribution is 2.13. The highest BCUT2D eigenvalue weighted by molar-refractivity contribution is 5.19. The molecule has 0 aliphatic heterocycles. The van der Waals surface area contributed by atoms with E-state index in [1.165, 1.54) is 0 Å². The van der Waals surface area contributed by atoms with Crippen molar-refractivity contribution < 1.29 is 18.3 Å². The van der Waals surface area contributed by atoms with Crippen molar-refractivity contribution in [3.8, 4) is 0 Å². The zero-order valence-corrected chi connectivity index (χ0v) is 8.93. The lowest BCUT2D eigenvalue weighted by molar-refractivity contribution is 0.183. The maximum absolute atomic E-state index is 12.8. The lowest BCUT2D eigenvalue weighted by Gasteiger charge is -2.07. The summed E-state index contributed by atoms with van der Waals surface area (Å²) in [5.74, 6) is -3.83.